The highest BCUT2D eigenvalue weighted by atomic mass is 15.3. The summed E-state index contributed by atoms with van der Waals surface area (Å²) in [6.07, 6.45) is 8.05. The number of imidazole rings is 1. The smallest absolute Gasteiger partial charge is 0.151 e. The molecule has 20 heavy (non-hydrogen) atoms. The van der Waals surface area contributed by atoms with Crippen LogP contribution in [0.25, 0.3) is 5.65 Å². The topological polar surface area (TPSA) is 46.6 Å². The number of rotatable bonds is 7. The Balaban J connectivity index is 2.00. The number of anilines is 1. The lowest BCUT2D eigenvalue weighted by Crippen LogP contribution is -2.28. The molecule has 108 valence electrons. The molecule has 0 atom stereocenters. The van der Waals surface area contributed by atoms with Gasteiger partial charge in [0, 0.05) is 25.2 Å². The van der Waals surface area contributed by atoms with Crippen molar-refractivity contribution in [3.63, 3.8) is 0 Å². The third kappa shape index (κ3) is 2.52. The molecule has 1 fully saturated rings. The van der Waals surface area contributed by atoms with Crippen LogP contribution in [0.3, 0.4) is 0 Å². The van der Waals surface area contributed by atoms with E-state index < -0.39 is 0 Å². The van der Waals surface area contributed by atoms with E-state index in [4.69, 9.17) is 10.7 Å². The standard InChI is InChI=1S/C16H24N4/c1-2-3-11-19(13-7-8-13)16-14(9-10-17)20-12-5-4-6-15(20)18-16/h4-6,12-13H,2-3,7-11,17H2,1H3. The van der Waals surface area contributed by atoms with Gasteiger partial charge in [-0.15, -0.1) is 0 Å². The molecule has 1 aliphatic rings. The van der Waals surface area contributed by atoms with Crippen molar-refractivity contribution in [2.24, 2.45) is 5.73 Å². The minimum Gasteiger partial charge on any atom is -0.352 e. The summed E-state index contributed by atoms with van der Waals surface area (Å²) in [6, 6.07) is 6.88. The lowest BCUT2D eigenvalue weighted by Gasteiger charge is -2.23. The van der Waals surface area contributed by atoms with Gasteiger partial charge in [-0.05, 0) is 37.9 Å². The van der Waals surface area contributed by atoms with Crippen LogP contribution in [0, 0.1) is 0 Å². The molecule has 0 unspecified atom stereocenters. The molecule has 1 aliphatic carbocycles. The summed E-state index contributed by atoms with van der Waals surface area (Å²) in [7, 11) is 0. The molecule has 0 aliphatic heterocycles. The van der Waals surface area contributed by atoms with Crippen LogP contribution in [-0.4, -0.2) is 28.5 Å². The summed E-state index contributed by atoms with van der Waals surface area (Å²) >= 11 is 0. The van der Waals surface area contributed by atoms with Crippen LogP contribution in [0.5, 0.6) is 0 Å². The average Bonchev–Trinajstić information content (AvgIpc) is 3.24. The van der Waals surface area contributed by atoms with E-state index in [1.807, 2.05) is 6.07 Å². The van der Waals surface area contributed by atoms with Crippen LogP contribution in [0.2, 0.25) is 0 Å². The summed E-state index contributed by atoms with van der Waals surface area (Å²) in [5, 5.41) is 0. The van der Waals surface area contributed by atoms with Crippen LogP contribution in [-0.2, 0) is 6.42 Å². The molecule has 0 aromatic carbocycles. The molecular formula is C16H24N4. The molecule has 0 amide bonds. The molecule has 2 N–H and O–H groups in total. The van der Waals surface area contributed by atoms with Crippen molar-refractivity contribution in [3.05, 3.63) is 30.1 Å². The molecule has 3 rings (SSSR count). The van der Waals surface area contributed by atoms with Gasteiger partial charge in [0.25, 0.3) is 0 Å². The summed E-state index contributed by atoms with van der Waals surface area (Å²) in [4.78, 5) is 7.39. The Morgan fingerprint density at radius 1 is 1.40 bits per heavy atom. The summed E-state index contributed by atoms with van der Waals surface area (Å²) < 4.78 is 2.20. The van der Waals surface area contributed by atoms with Crippen molar-refractivity contribution < 1.29 is 0 Å². The van der Waals surface area contributed by atoms with Gasteiger partial charge in [-0.1, -0.05) is 19.4 Å². The molecule has 2 aromatic heterocycles. The van der Waals surface area contributed by atoms with Crippen LogP contribution in [0.4, 0.5) is 5.82 Å². The van der Waals surface area contributed by atoms with Gasteiger partial charge in [0.1, 0.15) is 5.65 Å². The molecular weight excluding hydrogens is 248 g/mol. The van der Waals surface area contributed by atoms with Gasteiger partial charge in [-0.2, -0.15) is 0 Å². The Morgan fingerprint density at radius 3 is 2.95 bits per heavy atom. The van der Waals surface area contributed by atoms with Crippen molar-refractivity contribution in [2.45, 2.75) is 45.1 Å². The minimum absolute atomic E-state index is 0.669. The fourth-order valence-electron chi connectivity index (χ4n) is 2.81. The maximum absolute atomic E-state index is 5.81. The first kappa shape index (κ1) is 13.4. The lowest BCUT2D eigenvalue weighted by molar-refractivity contribution is 0.701. The fraction of sp³-hybridized carbons (Fsp3) is 0.562. The molecule has 0 saturated heterocycles. The normalized spacial score (nSPS) is 14.9. The van der Waals surface area contributed by atoms with Gasteiger partial charge in [0.2, 0.25) is 0 Å². The Bertz CT molecular complexity index is 571. The minimum atomic E-state index is 0.669. The first-order valence-electron chi connectivity index (χ1n) is 7.77. The largest absolute Gasteiger partial charge is 0.352 e. The zero-order valence-corrected chi connectivity index (χ0v) is 12.3. The number of nitrogens with zero attached hydrogens (tertiary/aromatic N) is 3. The molecule has 4 heteroatoms. The Morgan fingerprint density at radius 2 is 2.25 bits per heavy atom. The quantitative estimate of drug-likeness (QED) is 0.842. The Kier molecular flexibility index (Phi) is 3.92. The van der Waals surface area contributed by atoms with Gasteiger partial charge in [0.05, 0.1) is 5.69 Å². The number of unbranched alkanes of at least 4 members (excludes halogenated alkanes) is 1. The molecule has 1 saturated carbocycles. The van der Waals surface area contributed by atoms with E-state index >= 15 is 0 Å². The van der Waals surface area contributed by atoms with Gasteiger partial charge in [-0.3, -0.25) is 0 Å². The SMILES string of the molecule is CCCCN(c1nc2ccccn2c1CCN)C1CC1. The third-order valence-corrected chi connectivity index (χ3v) is 4.00. The number of nitrogens with two attached hydrogens (primary N) is 1. The van der Waals surface area contributed by atoms with Crippen molar-refractivity contribution >= 4 is 11.5 Å². The van der Waals surface area contributed by atoms with E-state index in [2.05, 4.69) is 34.6 Å². The van der Waals surface area contributed by atoms with Crippen molar-refractivity contribution in [3.8, 4) is 0 Å². The molecule has 0 spiro atoms. The zero-order valence-electron chi connectivity index (χ0n) is 12.3. The van der Waals surface area contributed by atoms with Crippen LogP contribution in [0.1, 0.15) is 38.3 Å². The Hall–Kier alpha value is -1.55. The number of aromatic nitrogens is 2. The molecule has 2 heterocycles. The second-order valence-electron chi connectivity index (χ2n) is 5.63. The zero-order chi connectivity index (χ0) is 13.9. The lowest BCUT2D eigenvalue weighted by atomic mass is 10.2. The van der Waals surface area contributed by atoms with Gasteiger partial charge < -0.3 is 15.0 Å². The predicted octanol–water partition coefficient (Wildman–Crippen LogP) is 2.60. The summed E-state index contributed by atoms with van der Waals surface area (Å²) in [5.74, 6) is 1.16. The van der Waals surface area contributed by atoms with E-state index in [-0.39, 0.29) is 0 Å². The van der Waals surface area contributed by atoms with Gasteiger partial charge in [-0.25, -0.2) is 4.98 Å². The Labute approximate surface area is 120 Å². The maximum Gasteiger partial charge on any atom is 0.151 e. The third-order valence-electron chi connectivity index (χ3n) is 4.00. The summed E-state index contributed by atoms with van der Waals surface area (Å²) in [6.45, 7) is 4.03. The highest BCUT2D eigenvalue weighted by Crippen LogP contribution is 2.34. The van der Waals surface area contributed by atoms with Crippen molar-refractivity contribution in [1.29, 1.82) is 0 Å². The van der Waals surface area contributed by atoms with Crippen LogP contribution >= 0.6 is 0 Å². The highest BCUT2D eigenvalue weighted by molar-refractivity contribution is 5.57. The van der Waals surface area contributed by atoms with E-state index in [1.54, 1.807) is 0 Å². The number of hydrogen-bond acceptors (Lipinski definition) is 3. The van der Waals surface area contributed by atoms with E-state index in [1.165, 1.54) is 31.4 Å². The maximum atomic E-state index is 5.81. The highest BCUT2D eigenvalue weighted by Gasteiger charge is 2.31. The number of pyridine rings is 1. The van der Waals surface area contributed by atoms with E-state index in [0.717, 1.165) is 24.4 Å². The van der Waals surface area contributed by atoms with Crippen molar-refractivity contribution in [2.75, 3.05) is 18.0 Å². The fourth-order valence-corrected chi connectivity index (χ4v) is 2.81. The first-order valence-corrected chi connectivity index (χ1v) is 7.77. The number of fused-ring (bicyclic) bond motifs is 1. The van der Waals surface area contributed by atoms with Gasteiger partial charge in [0.15, 0.2) is 5.82 Å². The molecule has 0 bridgehead atoms. The van der Waals surface area contributed by atoms with E-state index in [9.17, 15) is 0 Å². The molecule has 4 nitrogen and oxygen atoms in total. The van der Waals surface area contributed by atoms with Crippen LogP contribution < -0.4 is 10.6 Å². The van der Waals surface area contributed by atoms with Gasteiger partial charge >= 0.3 is 0 Å². The van der Waals surface area contributed by atoms with E-state index in [0.29, 0.717) is 12.6 Å². The monoisotopic (exact) mass is 272 g/mol. The second-order valence-corrected chi connectivity index (χ2v) is 5.63. The second kappa shape index (κ2) is 5.83. The first-order chi connectivity index (χ1) is 9.85. The average molecular weight is 272 g/mol. The molecule has 2 aromatic rings. The number of hydrogen-bond donors (Lipinski definition) is 1. The predicted molar refractivity (Wildman–Crippen MR) is 83.2 cm³/mol. The van der Waals surface area contributed by atoms with Crippen LogP contribution in [0.15, 0.2) is 24.4 Å². The molecule has 0 radical (unpaired) electrons. The van der Waals surface area contributed by atoms with Crippen molar-refractivity contribution in [1.82, 2.24) is 9.38 Å². The summed E-state index contributed by atoms with van der Waals surface area (Å²) in [5.41, 5.74) is 8.12.